The maximum atomic E-state index is 12.8. The zero-order valence-electron chi connectivity index (χ0n) is 19.2. The maximum absolute atomic E-state index is 12.8. The number of nitrogens with one attached hydrogen (secondary N) is 1. The van der Waals surface area contributed by atoms with Crippen LogP contribution in [0.4, 0.5) is 5.69 Å². The van der Waals surface area contributed by atoms with Crippen molar-refractivity contribution in [2.45, 2.75) is 46.5 Å². The lowest BCUT2D eigenvalue weighted by atomic mass is 9.95. The molecule has 4 rings (SSSR count). The molecule has 3 aromatic rings. The van der Waals surface area contributed by atoms with Crippen LogP contribution in [0.3, 0.4) is 0 Å². The fourth-order valence-corrected chi connectivity index (χ4v) is 6.08. The Hall–Kier alpha value is -3.34. The number of rotatable bonds is 5. The second-order valence-electron chi connectivity index (χ2n) is 8.39. The summed E-state index contributed by atoms with van der Waals surface area (Å²) in [5, 5.41) is 23.6. The van der Waals surface area contributed by atoms with Crippen LogP contribution in [0.15, 0.2) is 29.8 Å². The number of carboxylic acid groups (broad SMARTS) is 1. The zero-order valence-corrected chi connectivity index (χ0v) is 20.7. The quantitative estimate of drug-likeness (QED) is 0.325. The number of carbonyl (C=O) groups is 2. The molecule has 0 fully saturated rings. The van der Waals surface area contributed by atoms with E-state index in [2.05, 4.69) is 5.32 Å². The van der Waals surface area contributed by atoms with Gasteiger partial charge in [-0.05, 0) is 87.4 Å². The lowest BCUT2D eigenvalue weighted by Gasteiger charge is -2.11. The molecule has 1 amide bonds. The van der Waals surface area contributed by atoms with E-state index >= 15 is 0 Å². The number of aryl methyl sites for hydroxylation is 2. The number of nitrogens with zero attached hydrogens (tertiary/aromatic N) is 2. The molecule has 0 bridgehead atoms. The summed E-state index contributed by atoms with van der Waals surface area (Å²) in [6.07, 6.45) is 5.28. The summed E-state index contributed by atoms with van der Waals surface area (Å²) in [5.41, 5.74) is 4.82. The average molecular weight is 494 g/mol. The van der Waals surface area contributed by atoms with E-state index in [9.17, 15) is 20.0 Å². The van der Waals surface area contributed by atoms with E-state index in [0.29, 0.717) is 26.8 Å². The van der Waals surface area contributed by atoms with Crippen LogP contribution in [0.25, 0.3) is 11.1 Å². The van der Waals surface area contributed by atoms with E-state index < -0.39 is 11.9 Å². The molecular weight excluding hydrogens is 470 g/mol. The molecule has 1 aliphatic rings. The Morgan fingerprint density at radius 3 is 2.68 bits per heavy atom. The number of aromatic carboxylic acids is 1. The van der Waals surface area contributed by atoms with Crippen molar-refractivity contribution in [3.05, 3.63) is 73.4 Å². The van der Waals surface area contributed by atoms with E-state index in [4.69, 9.17) is 11.6 Å². The Morgan fingerprint density at radius 2 is 1.97 bits per heavy atom. The fourth-order valence-electron chi connectivity index (χ4n) is 4.41. The highest BCUT2D eigenvalue weighted by Gasteiger charge is 2.27. The van der Waals surface area contributed by atoms with Crippen molar-refractivity contribution >= 4 is 46.6 Å². The summed E-state index contributed by atoms with van der Waals surface area (Å²) >= 11 is 7.66. The lowest BCUT2D eigenvalue weighted by molar-refractivity contribution is -0.112. The van der Waals surface area contributed by atoms with Crippen LogP contribution in [0.2, 0.25) is 5.02 Å². The molecule has 0 atom stereocenters. The van der Waals surface area contributed by atoms with Crippen LogP contribution in [-0.4, -0.2) is 21.6 Å². The second kappa shape index (κ2) is 9.49. The van der Waals surface area contributed by atoms with Gasteiger partial charge in [-0.1, -0.05) is 17.7 Å². The Labute approximate surface area is 207 Å². The first-order valence-corrected chi connectivity index (χ1v) is 12.2. The minimum Gasteiger partial charge on any atom is -0.478 e. The van der Waals surface area contributed by atoms with Gasteiger partial charge >= 0.3 is 5.97 Å². The molecule has 2 heterocycles. The van der Waals surface area contributed by atoms with Crippen molar-refractivity contribution in [1.29, 1.82) is 5.26 Å². The minimum atomic E-state index is -0.923. The van der Waals surface area contributed by atoms with Crippen molar-refractivity contribution in [3.63, 3.8) is 0 Å². The number of halogens is 1. The standard InChI is InChI=1S/C26H24ClN3O3S/c1-14-11-17(12-18(13-28)24(31)29-21-9-6-8-20(27)15(21)2)16(3)30(14)25-23(26(32)33)19-7-4-5-10-22(19)34-25/h6,8-9,11-12H,4-5,7,10H2,1-3H3,(H,29,31)(H,32,33). The van der Waals surface area contributed by atoms with E-state index in [1.807, 2.05) is 30.6 Å². The number of aromatic nitrogens is 1. The topological polar surface area (TPSA) is 95.1 Å². The second-order valence-corrected chi connectivity index (χ2v) is 9.89. The van der Waals surface area contributed by atoms with Gasteiger partial charge in [0.2, 0.25) is 0 Å². The number of amides is 1. The fraction of sp³-hybridized carbons (Fsp3) is 0.269. The number of carbonyl (C=O) groups excluding carboxylic acids is 1. The Morgan fingerprint density at radius 1 is 1.24 bits per heavy atom. The summed E-state index contributed by atoms with van der Waals surface area (Å²) in [5.74, 6) is -1.46. The summed E-state index contributed by atoms with van der Waals surface area (Å²) < 4.78 is 1.92. The number of benzene rings is 1. The smallest absolute Gasteiger partial charge is 0.339 e. The molecule has 0 spiro atoms. The molecule has 34 heavy (non-hydrogen) atoms. The van der Waals surface area contributed by atoms with Gasteiger partial charge in [-0.25, -0.2) is 4.79 Å². The van der Waals surface area contributed by atoms with Gasteiger partial charge in [-0.3, -0.25) is 4.79 Å². The van der Waals surface area contributed by atoms with Gasteiger partial charge in [0.25, 0.3) is 5.91 Å². The normalized spacial score (nSPS) is 13.3. The van der Waals surface area contributed by atoms with Crippen LogP contribution >= 0.6 is 22.9 Å². The summed E-state index contributed by atoms with van der Waals surface area (Å²) in [7, 11) is 0. The van der Waals surface area contributed by atoms with E-state index in [0.717, 1.165) is 53.1 Å². The van der Waals surface area contributed by atoms with Gasteiger partial charge in [0.05, 0.1) is 5.56 Å². The number of anilines is 1. The molecule has 1 aliphatic carbocycles. The molecule has 8 heteroatoms. The molecule has 0 aliphatic heterocycles. The van der Waals surface area contributed by atoms with Gasteiger partial charge in [-0.15, -0.1) is 11.3 Å². The van der Waals surface area contributed by atoms with Gasteiger partial charge in [0.1, 0.15) is 16.6 Å². The van der Waals surface area contributed by atoms with Gasteiger partial charge in [-0.2, -0.15) is 5.26 Å². The lowest BCUT2D eigenvalue weighted by Crippen LogP contribution is -2.14. The predicted octanol–water partition coefficient (Wildman–Crippen LogP) is 6.24. The SMILES string of the molecule is Cc1c(Cl)cccc1NC(=O)C(C#N)=Cc1cc(C)n(-c2sc3c(c2C(=O)O)CCCC3)c1C. The van der Waals surface area contributed by atoms with Crippen molar-refractivity contribution in [2.75, 3.05) is 5.32 Å². The number of thiophene rings is 1. The molecule has 0 saturated carbocycles. The predicted molar refractivity (Wildman–Crippen MR) is 135 cm³/mol. The van der Waals surface area contributed by atoms with Crippen molar-refractivity contribution in [3.8, 4) is 11.1 Å². The Bertz CT molecular complexity index is 1390. The van der Waals surface area contributed by atoms with E-state index in [1.54, 1.807) is 31.2 Å². The van der Waals surface area contributed by atoms with Crippen molar-refractivity contribution in [1.82, 2.24) is 4.57 Å². The molecule has 0 saturated heterocycles. The van der Waals surface area contributed by atoms with Crippen LogP contribution in [0, 0.1) is 32.1 Å². The first-order valence-electron chi connectivity index (χ1n) is 11.0. The number of carboxylic acids is 1. The van der Waals surface area contributed by atoms with E-state index in [1.165, 1.54) is 11.3 Å². The third-order valence-electron chi connectivity index (χ3n) is 6.22. The highest BCUT2D eigenvalue weighted by molar-refractivity contribution is 7.15. The monoisotopic (exact) mass is 493 g/mol. The van der Waals surface area contributed by atoms with Crippen molar-refractivity contribution in [2.24, 2.45) is 0 Å². The number of nitriles is 1. The van der Waals surface area contributed by atoms with Crippen molar-refractivity contribution < 1.29 is 14.7 Å². The van der Waals surface area contributed by atoms with Crippen LogP contribution < -0.4 is 5.32 Å². The minimum absolute atomic E-state index is 0.0523. The van der Waals surface area contributed by atoms with Gasteiger partial charge in [0.15, 0.2) is 0 Å². The largest absolute Gasteiger partial charge is 0.478 e. The number of hydrogen-bond acceptors (Lipinski definition) is 4. The molecule has 2 aromatic heterocycles. The highest BCUT2D eigenvalue weighted by Crippen LogP contribution is 2.39. The molecule has 1 aromatic carbocycles. The molecular formula is C26H24ClN3O3S. The number of hydrogen-bond donors (Lipinski definition) is 2. The highest BCUT2D eigenvalue weighted by atomic mass is 35.5. The Kier molecular flexibility index (Phi) is 6.65. The summed E-state index contributed by atoms with van der Waals surface area (Å²) in [6, 6.07) is 9.05. The molecule has 2 N–H and O–H groups in total. The summed E-state index contributed by atoms with van der Waals surface area (Å²) in [4.78, 5) is 26.1. The third-order valence-corrected chi connectivity index (χ3v) is 7.91. The van der Waals surface area contributed by atoms with E-state index in [-0.39, 0.29) is 5.57 Å². The van der Waals surface area contributed by atoms with Crippen LogP contribution in [0.5, 0.6) is 0 Å². The summed E-state index contributed by atoms with van der Waals surface area (Å²) in [6.45, 7) is 5.56. The van der Waals surface area contributed by atoms with Gasteiger partial charge < -0.3 is 15.0 Å². The zero-order chi connectivity index (χ0) is 24.6. The van der Waals surface area contributed by atoms with Crippen LogP contribution in [-0.2, 0) is 17.6 Å². The Balaban J connectivity index is 1.73. The third kappa shape index (κ3) is 4.27. The van der Waals surface area contributed by atoms with Gasteiger partial charge in [0, 0.05) is 27.0 Å². The van der Waals surface area contributed by atoms with Crippen LogP contribution in [0.1, 0.15) is 56.2 Å². The molecule has 6 nitrogen and oxygen atoms in total. The average Bonchev–Trinajstić information content (AvgIpc) is 3.31. The maximum Gasteiger partial charge on any atom is 0.339 e. The first kappa shape index (κ1) is 23.8. The first-order chi connectivity index (χ1) is 16.2. The molecule has 174 valence electrons. The molecule has 0 radical (unpaired) electrons. The number of fused-ring (bicyclic) bond motifs is 1. The molecule has 0 unspecified atom stereocenters.